The molecule has 5 unspecified atom stereocenters. The van der Waals surface area contributed by atoms with Crippen LogP contribution >= 0.6 is 0 Å². The Balaban J connectivity index is 1.62. The monoisotopic (exact) mass is 481 g/mol. The Kier molecular flexibility index (Phi) is 5.65. The quantitative estimate of drug-likeness (QED) is 0.433. The number of carbonyl (C=O) groups is 3. The molecule has 5 N–H and O–H groups in total. The van der Waals surface area contributed by atoms with Gasteiger partial charge in [-0.15, -0.1) is 0 Å². The number of hydrogen-bond donors (Lipinski definition) is 4. The van der Waals surface area contributed by atoms with E-state index in [2.05, 4.69) is 0 Å². The van der Waals surface area contributed by atoms with Gasteiger partial charge >= 0.3 is 0 Å². The minimum Gasteiger partial charge on any atom is -0.507 e. The lowest BCUT2D eigenvalue weighted by atomic mass is 9.72. The van der Waals surface area contributed by atoms with Crippen LogP contribution in [0.3, 0.4) is 0 Å². The average molecular weight is 482 g/mol. The first-order valence-corrected chi connectivity index (χ1v) is 11.6. The summed E-state index contributed by atoms with van der Waals surface area (Å²) in [4.78, 5) is 38.9. The number of phenolic OH excluding ortho intramolecular Hbond substituents is 1. The standard InChI is InChI=1S/C26H27NO8/c1-11-22(29)17(27)8-19(34-11)35-18-10-26(33,12(2)28)9-13-7-16-21(25(32)20(13)18)24(31)15-6-4-3-5-14(15)23(16)30/h3-7,11,17-19,22,29,32-33H,8-10,27H2,1-2H3/t11?,17?,18?,19?,22?,26-/m0/s1. The molecule has 1 fully saturated rings. The highest BCUT2D eigenvalue weighted by atomic mass is 16.7. The fraction of sp³-hybridized carbons (Fsp3) is 0.423. The lowest BCUT2D eigenvalue weighted by Crippen LogP contribution is -2.52. The summed E-state index contributed by atoms with van der Waals surface area (Å²) in [7, 11) is 0. The Bertz CT molecular complexity index is 1240. The van der Waals surface area contributed by atoms with Crippen molar-refractivity contribution in [3.8, 4) is 5.75 Å². The van der Waals surface area contributed by atoms with Crippen molar-refractivity contribution in [3.05, 3.63) is 63.7 Å². The highest BCUT2D eigenvalue weighted by Crippen LogP contribution is 2.48. The van der Waals surface area contributed by atoms with E-state index in [1.165, 1.54) is 19.1 Å². The van der Waals surface area contributed by atoms with E-state index in [1.807, 2.05) is 0 Å². The predicted molar refractivity (Wildman–Crippen MR) is 122 cm³/mol. The number of rotatable bonds is 3. The largest absolute Gasteiger partial charge is 0.507 e. The average Bonchev–Trinajstić information content (AvgIpc) is 2.80. The molecule has 1 saturated heterocycles. The maximum absolute atomic E-state index is 13.3. The summed E-state index contributed by atoms with van der Waals surface area (Å²) in [5.41, 5.74) is 5.09. The van der Waals surface area contributed by atoms with Gasteiger partial charge in [-0.25, -0.2) is 0 Å². The number of fused-ring (bicyclic) bond motifs is 3. The Labute approximate surface area is 201 Å². The number of ether oxygens (including phenoxy) is 2. The molecule has 3 aliphatic rings. The van der Waals surface area contributed by atoms with E-state index >= 15 is 0 Å². The van der Waals surface area contributed by atoms with Crippen LogP contribution in [0.5, 0.6) is 5.75 Å². The molecular weight excluding hydrogens is 454 g/mol. The van der Waals surface area contributed by atoms with Crippen LogP contribution in [0.2, 0.25) is 0 Å². The van der Waals surface area contributed by atoms with Gasteiger partial charge in [-0.2, -0.15) is 0 Å². The number of benzene rings is 2. The van der Waals surface area contributed by atoms with Gasteiger partial charge in [0.1, 0.15) is 11.4 Å². The molecule has 9 nitrogen and oxygen atoms in total. The number of Topliss-reactive ketones (excluding diaryl/α,β-unsaturated/α-hetero) is 1. The number of ketones is 3. The van der Waals surface area contributed by atoms with Crippen LogP contribution < -0.4 is 5.73 Å². The highest BCUT2D eigenvalue weighted by Gasteiger charge is 2.47. The fourth-order valence-corrected chi connectivity index (χ4v) is 5.35. The Morgan fingerprint density at radius 1 is 1.17 bits per heavy atom. The topological polar surface area (TPSA) is 156 Å². The molecule has 35 heavy (non-hydrogen) atoms. The summed E-state index contributed by atoms with van der Waals surface area (Å²) in [5, 5.41) is 32.6. The summed E-state index contributed by atoms with van der Waals surface area (Å²) in [6.07, 6.45) is -3.61. The van der Waals surface area contributed by atoms with E-state index in [1.54, 1.807) is 25.1 Å². The molecule has 0 amide bonds. The van der Waals surface area contributed by atoms with Crippen LogP contribution in [0.15, 0.2) is 30.3 Å². The van der Waals surface area contributed by atoms with Gasteiger partial charge in [0.2, 0.25) is 0 Å². The number of nitrogens with two attached hydrogens (primary N) is 1. The van der Waals surface area contributed by atoms with Crippen molar-refractivity contribution < 1.29 is 39.2 Å². The summed E-state index contributed by atoms with van der Waals surface area (Å²) in [6, 6.07) is 7.21. The highest BCUT2D eigenvalue weighted by molar-refractivity contribution is 6.29. The van der Waals surface area contributed by atoms with Gasteiger partial charge in [0.15, 0.2) is 23.6 Å². The summed E-state index contributed by atoms with van der Waals surface area (Å²) < 4.78 is 11.8. The Morgan fingerprint density at radius 3 is 2.46 bits per heavy atom. The second-order valence-electron chi connectivity index (χ2n) is 9.68. The lowest BCUT2D eigenvalue weighted by Gasteiger charge is -2.41. The molecule has 2 aliphatic carbocycles. The van der Waals surface area contributed by atoms with Crippen molar-refractivity contribution in [3.63, 3.8) is 0 Å². The van der Waals surface area contributed by atoms with Crippen LogP contribution in [0.25, 0.3) is 0 Å². The Hall–Kier alpha value is -2.95. The van der Waals surface area contributed by atoms with E-state index < -0.39 is 59.3 Å². The van der Waals surface area contributed by atoms with Crippen molar-refractivity contribution in [1.82, 2.24) is 0 Å². The molecule has 2 aromatic carbocycles. The maximum Gasteiger partial charge on any atom is 0.198 e. The smallest absolute Gasteiger partial charge is 0.198 e. The second kappa shape index (κ2) is 8.32. The zero-order valence-electron chi connectivity index (χ0n) is 19.4. The number of hydrogen-bond acceptors (Lipinski definition) is 9. The van der Waals surface area contributed by atoms with E-state index in [4.69, 9.17) is 15.2 Å². The number of aliphatic hydroxyl groups is 2. The third kappa shape index (κ3) is 3.71. The molecule has 0 radical (unpaired) electrons. The molecule has 1 heterocycles. The van der Waals surface area contributed by atoms with Gasteiger partial charge in [0, 0.05) is 47.6 Å². The zero-order chi connectivity index (χ0) is 25.2. The molecule has 1 aliphatic heterocycles. The van der Waals surface area contributed by atoms with E-state index in [0.717, 1.165) is 0 Å². The first-order valence-electron chi connectivity index (χ1n) is 11.6. The number of aliphatic hydroxyl groups excluding tert-OH is 1. The minimum atomic E-state index is -1.81. The van der Waals surface area contributed by atoms with Crippen molar-refractivity contribution in [2.24, 2.45) is 5.73 Å². The van der Waals surface area contributed by atoms with E-state index in [9.17, 15) is 29.7 Å². The van der Waals surface area contributed by atoms with Crippen LogP contribution in [0.4, 0.5) is 0 Å². The van der Waals surface area contributed by atoms with Crippen LogP contribution in [-0.2, 0) is 20.7 Å². The molecule has 184 valence electrons. The SMILES string of the molecule is CC(=O)[C@]1(O)Cc2cc3c(c(O)c2C(OC2CC(N)C(O)C(C)O2)C1)C(=O)c1ccccc1C3=O. The van der Waals surface area contributed by atoms with Crippen molar-refractivity contribution >= 4 is 17.3 Å². The third-order valence-corrected chi connectivity index (χ3v) is 7.36. The first-order chi connectivity index (χ1) is 16.5. The molecular formula is C26H27NO8. The predicted octanol–water partition coefficient (Wildman–Crippen LogP) is 1.31. The molecule has 6 atom stereocenters. The third-order valence-electron chi connectivity index (χ3n) is 7.36. The van der Waals surface area contributed by atoms with Gasteiger partial charge in [0.25, 0.3) is 0 Å². The fourth-order valence-electron chi connectivity index (χ4n) is 5.35. The number of aromatic hydroxyl groups is 1. The van der Waals surface area contributed by atoms with Gasteiger partial charge in [-0.05, 0) is 25.5 Å². The second-order valence-corrected chi connectivity index (χ2v) is 9.68. The van der Waals surface area contributed by atoms with Crippen LogP contribution in [0.1, 0.15) is 75.8 Å². The van der Waals surface area contributed by atoms with Gasteiger partial charge in [-0.3, -0.25) is 14.4 Å². The van der Waals surface area contributed by atoms with Gasteiger partial charge in [-0.1, -0.05) is 24.3 Å². The van der Waals surface area contributed by atoms with E-state index in [-0.39, 0.29) is 47.1 Å². The van der Waals surface area contributed by atoms with Crippen LogP contribution in [0, 0.1) is 0 Å². The molecule has 0 spiro atoms. The van der Waals surface area contributed by atoms with Gasteiger partial charge < -0.3 is 30.5 Å². The molecule has 0 bridgehead atoms. The van der Waals surface area contributed by atoms with Crippen LogP contribution in [-0.4, -0.2) is 62.8 Å². The van der Waals surface area contributed by atoms with Crippen molar-refractivity contribution in [1.29, 1.82) is 0 Å². The zero-order valence-corrected chi connectivity index (χ0v) is 19.4. The summed E-state index contributed by atoms with van der Waals surface area (Å²) in [5.74, 6) is -1.82. The summed E-state index contributed by atoms with van der Waals surface area (Å²) >= 11 is 0. The van der Waals surface area contributed by atoms with Crippen molar-refractivity contribution in [2.75, 3.05) is 0 Å². The number of phenols is 1. The Morgan fingerprint density at radius 2 is 1.83 bits per heavy atom. The van der Waals surface area contributed by atoms with E-state index in [0.29, 0.717) is 5.56 Å². The molecule has 2 aromatic rings. The maximum atomic E-state index is 13.3. The lowest BCUT2D eigenvalue weighted by molar-refractivity contribution is -0.247. The van der Waals surface area contributed by atoms with Gasteiger partial charge in [0.05, 0.1) is 23.9 Å². The normalized spacial score (nSPS) is 32.0. The molecule has 9 heteroatoms. The molecule has 0 aromatic heterocycles. The minimum absolute atomic E-state index is 0.0178. The molecule has 5 rings (SSSR count). The molecule has 0 saturated carbocycles. The summed E-state index contributed by atoms with van der Waals surface area (Å²) in [6.45, 7) is 2.91. The van der Waals surface area contributed by atoms with Crippen molar-refractivity contribution in [2.45, 2.75) is 69.4 Å². The number of carbonyl (C=O) groups excluding carboxylic acids is 3. The first kappa shape index (κ1) is 23.8.